The third kappa shape index (κ3) is 3.95. The van der Waals surface area contributed by atoms with E-state index in [1.54, 1.807) is 13.0 Å². The first-order chi connectivity index (χ1) is 7.09. The van der Waals surface area contributed by atoms with Gasteiger partial charge in [0.15, 0.2) is 0 Å². The Morgan fingerprint density at radius 1 is 1.40 bits per heavy atom. The molecule has 15 heavy (non-hydrogen) atoms. The number of rotatable bonds is 4. The van der Waals surface area contributed by atoms with Gasteiger partial charge in [-0.25, -0.2) is 0 Å². The molecule has 0 spiro atoms. The third-order valence-electron chi connectivity index (χ3n) is 2.09. The second-order valence-corrected chi connectivity index (χ2v) is 3.41. The number of aliphatic carboxylic acids is 1. The van der Waals surface area contributed by atoms with E-state index in [0.717, 1.165) is 5.56 Å². The number of carbonyl (C=O) groups is 1. The van der Waals surface area contributed by atoms with Crippen LogP contribution in [0.15, 0.2) is 35.9 Å². The zero-order chi connectivity index (χ0) is 11.3. The average Bonchev–Trinajstić information content (AvgIpc) is 2.18. The SMILES string of the molecule is C/C(=C\c1ccccc1)C(O)CC(=O)O. The van der Waals surface area contributed by atoms with Gasteiger partial charge in [0.05, 0.1) is 12.5 Å². The van der Waals surface area contributed by atoms with Crippen molar-refractivity contribution in [2.24, 2.45) is 0 Å². The van der Waals surface area contributed by atoms with Gasteiger partial charge in [0.2, 0.25) is 0 Å². The van der Waals surface area contributed by atoms with E-state index in [-0.39, 0.29) is 6.42 Å². The molecule has 1 atom stereocenters. The summed E-state index contributed by atoms with van der Waals surface area (Å²) >= 11 is 0. The van der Waals surface area contributed by atoms with Crippen molar-refractivity contribution in [2.75, 3.05) is 0 Å². The van der Waals surface area contributed by atoms with Crippen LogP contribution in [0.5, 0.6) is 0 Å². The van der Waals surface area contributed by atoms with Crippen LogP contribution in [0.3, 0.4) is 0 Å². The number of aliphatic hydroxyl groups excluding tert-OH is 1. The second-order valence-electron chi connectivity index (χ2n) is 3.41. The quantitative estimate of drug-likeness (QED) is 0.791. The van der Waals surface area contributed by atoms with Crippen molar-refractivity contribution in [3.05, 3.63) is 41.5 Å². The summed E-state index contributed by atoms with van der Waals surface area (Å²) in [7, 11) is 0. The summed E-state index contributed by atoms with van der Waals surface area (Å²) in [5.41, 5.74) is 1.61. The number of carboxylic acids is 1. The maximum Gasteiger partial charge on any atom is 0.306 e. The number of hydrogen-bond donors (Lipinski definition) is 2. The summed E-state index contributed by atoms with van der Waals surface area (Å²) in [6.07, 6.45) is 0.616. The molecule has 0 aliphatic carbocycles. The zero-order valence-corrected chi connectivity index (χ0v) is 8.55. The molecule has 80 valence electrons. The van der Waals surface area contributed by atoms with Gasteiger partial charge in [-0.1, -0.05) is 36.4 Å². The molecule has 0 aromatic heterocycles. The largest absolute Gasteiger partial charge is 0.481 e. The number of carboxylic acid groups (broad SMARTS) is 1. The Morgan fingerprint density at radius 2 is 2.00 bits per heavy atom. The molecule has 3 nitrogen and oxygen atoms in total. The smallest absolute Gasteiger partial charge is 0.306 e. The fraction of sp³-hybridized carbons (Fsp3) is 0.250. The molecule has 0 amide bonds. The van der Waals surface area contributed by atoms with Crippen LogP contribution in [0.25, 0.3) is 6.08 Å². The van der Waals surface area contributed by atoms with Gasteiger partial charge in [-0.05, 0) is 18.1 Å². The molecule has 3 heteroatoms. The molecule has 0 aliphatic heterocycles. The molecule has 0 heterocycles. The molecule has 1 aromatic carbocycles. The first-order valence-electron chi connectivity index (χ1n) is 4.72. The lowest BCUT2D eigenvalue weighted by Gasteiger charge is -2.08. The summed E-state index contributed by atoms with van der Waals surface area (Å²) in [5, 5.41) is 18.0. The van der Waals surface area contributed by atoms with Gasteiger partial charge in [0.1, 0.15) is 0 Å². The Morgan fingerprint density at radius 3 is 2.53 bits per heavy atom. The third-order valence-corrected chi connectivity index (χ3v) is 2.09. The Kier molecular flexibility index (Phi) is 4.06. The van der Waals surface area contributed by atoms with E-state index in [1.165, 1.54) is 0 Å². The van der Waals surface area contributed by atoms with Crippen molar-refractivity contribution in [1.82, 2.24) is 0 Å². The number of benzene rings is 1. The van der Waals surface area contributed by atoms with Crippen molar-refractivity contribution >= 4 is 12.0 Å². The zero-order valence-electron chi connectivity index (χ0n) is 8.55. The molecule has 0 saturated heterocycles. The maximum atomic E-state index is 10.4. The maximum absolute atomic E-state index is 10.4. The van der Waals surface area contributed by atoms with Crippen molar-refractivity contribution in [2.45, 2.75) is 19.4 Å². The standard InChI is InChI=1S/C12H14O3/c1-9(11(13)8-12(14)15)7-10-5-3-2-4-6-10/h2-7,11,13H,8H2,1H3,(H,14,15)/b9-7+. The van der Waals surface area contributed by atoms with Gasteiger partial charge >= 0.3 is 5.97 Å². The van der Waals surface area contributed by atoms with E-state index in [4.69, 9.17) is 5.11 Å². The van der Waals surface area contributed by atoms with E-state index in [2.05, 4.69) is 0 Å². The highest BCUT2D eigenvalue weighted by Crippen LogP contribution is 2.11. The second kappa shape index (κ2) is 5.32. The summed E-state index contributed by atoms with van der Waals surface area (Å²) in [6, 6.07) is 9.49. The molecule has 0 saturated carbocycles. The molecule has 0 radical (unpaired) electrons. The summed E-state index contributed by atoms with van der Waals surface area (Å²) < 4.78 is 0. The average molecular weight is 206 g/mol. The molecule has 2 N–H and O–H groups in total. The van der Waals surface area contributed by atoms with Crippen molar-refractivity contribution in [1.29, 1.82) is 0 Å². The van der Waals surface area contributed by atoms with Crippen LogP contribution in [-0.4, -0.2) is 22.3 Å². The van der Waals surface area contributed by atoms with Crippen LogP contribution >= 0.6 is 0 Å². The van der Waals surface area contributed by atoms with Gasteiger partial charge in [-0.15, -0.1) is 0 Å². The highest BCUT2D eigenvalue weighted by molar-refractivity contribution is 5.68. The minimum atomic E-state index is -0.997. The first-order valence-corrected chi connectivity index (χ1v) is 4.72. The normalized spacial score (nSPS) is 13.6. The van der Waals surface area contributed by atoms with Crippen LogP contribution in [0.2, 0.25) is 0 Å². The molecule has 0 fully saturated rings. The van der Waals surface area contributed by atoms with Crippen LogP contribution in [0.4, 0.5) is 0 Å². The Bertz CT molecular complexity index is 354. The fourth-order valence-electron chi connectivity index (χ4n) is 1.23. The summed E-state index contributed by atoms with van der Waals surface area (Å²) in [6.45, 7) is 1.72. The Hall–Kier alpha value is -1.61. The van der Waals surface area contributed by atoms with Crippen molar-refractivity contribution in [3.8, 4) is 0 Å². The van der Waals surface area contributed by atoms with Gasteiger partial charge in [-0.2, -0.15) is 0 Å². The first kappa shape index (κ1) is 11.5. The van der Waals surface area contributed by atoms with Crippen molar-refractivity contribution < 1.29 is 15.0 Å². The van der Waals surface area contributed by atoms with Gasteiger partial charge in [0.25, 0.3) is 0 Å². The topological polar surface area (TPSA) is 57.5 Å². The van der Waals surface area contributed by atoms with Gasteiger partial charge in [-0.3, -0.25) is 4.79 Å². The van der Waals surface area contributed by atoms with Crippen LogP contribution in [0.1, 0.15) is 18.9 Å². The lowest BCUT2D eigenvalue weighted by molar-refractivity contribution is -0.138. The van der Waals surface area contributed by atoms with E-state index in [1.807, 2.05) is 30.3 Å². The Balaban J connectivity index is 2.71. The summed E-state index contributed by atoms with van der Waals surface area (Å²) in [5.74, 6) is -0.997. The van der Waals surface area contributed by atoms with E-state index >= 15 is 0 Å². The molecule has 1 aromatic rings. The molecular formula is C12H14O3. The fourth-order valence-corrected chi connectivity index (χ4v) is 1.23. The molecular weight excluding hydrogens is 192 g/mol. The van der Waals surface area contributed by atoms with E-state index in [9.17, 15) is 9.90 Å². The molecule has 1 rings (SSSR count). The lowest BCUT2D eigenvalue weighted by atomic mass is 10.1. The van der Waals surface area contributed by atoms with Gasteiger partial charge < -0.3 is 10.2 Å². The van der Waals surface area contributed by atoms with Crippen LogP contribution in [-0.2, 0) is 4.79 Å². The number of aliphatic hydroxyl groups is 1. The minimum Gasteiger partial charge on any atom is -0.481 e. The van der Waals surface area contributed by atoms with Gasteiger partial charge in [0, 0.05) is 0 Å². The highest BCUT2D eigenvalue weighted by Gasteiger charge is 2.10. The molecule has 1 unspecified atom stereocenters. The predicted molar refractivity (Wildman–Crippen MR) is 58.4 cm³/mol. The summed E-state index contributed by atoms with van der Waals surface area (Å²) in [4.78, 5) is 10.4. The molecule has 0 bridgehead atoms. The predicted octanol–water partition coefficient (Wildman–Crippen LogP) is 1.93. The lowest BCUT2D eigenvalue weighted by Crippen LogP contribution is -2.13. The number of hydrogen-bond acceptors (Lipinski definition) is 2. The molecule has 0 aliphatic rings. The minimum absolute atomic E-state index is 0.255. The Labute approximate surface area is 88.7 Å². The van der Waals surface area contributed by atoms with Crippen LogP contribution in [0, 0.1) is 0 Å². The van der Waals surface area contributed by atoms with Crippen LogP contribution < -0.4 is 0 Å². The van der Waals surface area contributed by atoms with E-state index < -0.39 is 12.1 Å². The monoisotopic (exact) mass is 206 g/mol. The van der Waals surface area contributed by atoms with Crippen molar-refractivity contribution in [3.63, 3.8) is 0 Å². The highest BCUT2D eigenvalue weighted by atomic mass is 16.4. The van der Waals surface area contributed by atoms with E-state index in [0.29, 0.717) is 5.57 Å².